The smallest absolute Gasteiger partial charge is 0.337 e. The van der Waals surface area contributed by atoms with E-state index in [1.54, 1.807) is 0 Å². The maximum atomic E-state index is 10.5. The molecule has 0 saturated heterocycles. The molecule has 2 aromatic rings. The molecule has 0 atom stereocenters. The highest BCUT2D eigenvalue weighted by molar-refractivity contribution is 6.35. The van der Waals surface area contributed by atoms with E-state index in [1.807, 2.05) is 0 Å². The van der Waals surface area contributed by atoms with Crippen LogP contribution in [0.4, 0.5) is 17.1 Å². The largest absolute Gasteiger partial charge is 0.478 e. The third-order valence-corrected chi connectivity index (χ3v) is 3.40. The summed E-state index contributed by atoms with van der Waals surface area (Å²) in [5.41, 5.74) is -0.750. The van der Waals surface area contributed by atoms with Gasteiger partial charge in [0.05, 0.1) is 26.4 Å². The average Bonchev–Trinajstić information content (AvgIpc) is 2.55. The Labute approximate surface area is 149 Å². The summed E-state index contributed by atoms with van der Waals surface area (Å²) in [6.45, 7) is 1.53. The molecule has 0 aliphatic heterocycles. The van der Waals surface area contributed by atoms with Gasteiger partial charge in [-0.15, -0.1) is 0 Å². The third-order valence-electron chi connectivity index (χ3n) is 3.01. The van der Waals surface area contributed by atoms with Gasteiger partial charge in [-0.3, -0.25) is 30.3 Å². The monoisotopic (exact) mass is 383 g/mol. The normalized spacial score (nSPS) is 9.62. The number of carboxylic acids is 1. The van der Waals surface area contributed by atoms with Gasteiger partial charge >= 0.3 is 5.97 Å². The first-order chi connectivity index (χ1) is 12.1. The molecule has 136 valence electrons. The van der Waals surface area contributed by atoms with Crippen molar-refractivity contribution in [1.82, 2.24) is 0 Å². The van der Waals surface area contributed by atoms with Crippen molar-refractivity contribution in [3.05, 3.63) is 82.9 Å². The zero-order chi connectivity index (χ0) is 20.0. The molecule has 1 N–H and O–H groups in total. The predicted octanol–water partition coefficient (Wildman–Crippen LogP) is 3.76. The minimum Gasteiger partial charge on any atom is -0.478 e. The van der Waals surface area contributed by atoms with Crippen LogP contribution in [0, 0.1) is 37.3 Å². The molecule has 0 heterocycles. The van der Waals surface area contributed by atoms with E-state index < -0.39 is 26.4 Å². The van der Waals surface area contributed by atoms with Crippen LogP contribution in [0.25, 0.3) is 0 Å². The summed E-state index contributed by atoms with van der Waals surface area (Å²) in [4.78, 5) is 39.4. The Morgan fingerprint density at radius 3 is 2.00 bits per heavy atom. The number of aromatic carboxylic acids is 1. The zero-order valence-electron chi connectivity index (χ0n) is 13.0. The number of halogens is 1. The van der Waals surface area contributed by atoms with Crippen LogP contribution in [-0.2, 0) is 0 Å². The summed E-state index contributed by atoms with van der Waals surface area (Å²) < 4.78 is 0. The third kappa shape index (κ3) is 4.95. The Kier molecular flexibility index (Phi) is 6.67. The van der Waals surface area contributed by atoms with Crippen molar-refractivity contribution in [1.29, 1.82) is 0 Å². The van der Waals surface area contributed by atoms with Crippen LogP contribution in [-0.4, -0.2) is 25.8 Å². The summed E-state index contributed by atoms with van der Waals surface area (Å²) in [6, 6.07) is 7.17. The van der Waals surface area contributed by atoms with E-state index in [2.05, 4.69) is 0 Å². The number of benzene rings is 2. The highest BCUT2D eigenvalue weighted by atomic mass is 35.5. The fourth-order valence-electron chi connectivity index (χ4n) is 1.73. The SMILES string of the molecule is Cc1ccc([N+](=O)[O-])cc1[N+](=O)[O-].O=C(O)c1cccc([N+](=O)[O-])c1Cl. The summed E-state index contributed by atoms with van der Waals surface area (Å²) >= 11 is 5.48. The second-order valence-electron chi connectivity index (χ2n) is 4.69. The van der Waals surface area contributed by atoms with Crippen LogP contribution in [0.1, 0.15) is 15.9 Å². The summed E-state index contributed by atoms with van der Waals surface area (Å²) in [5, 5.41) is 39.2. The van der Waals surface area contributed by atoms with E-state index in [0.717, 1.165) is 12.1 Å². The quantitative estimate of drug-likeness (QED) is 0.614. The molecular formula is C14H10ClN3O8. The van der Waals surface area contributed by atoms with Gasteiger partial charge in [-0.25, -0.2) is 4.79 Å². The number of nitro benzene ring substituents is 3. The van der Waals surface area contributed by atoms with Crippen LogP contribution in [0.15, 0.2) is 36.4 Å². The molecular weight excluding hydrogens is 374 g/mol. The summed E-state index contributed by atoms with van der Waals surface area (Å²) in [7, 11) is 0. The number of nitro groups is 3. The van der Waals surface area contributed by atoms with Gasteiger partial charge in [-0.2, -0.15) is 0 Å². The van der Waals surface area contributed by atoms with E-state index in [-0.39, 0.29) is 22.0 Å². The molecule has 11 nitrogen and oxygen atoms in total. The zero-order valence-corrected chi connectivity index (χ0v) is 13.7. The minimum atomic E-state index is -1.28. The number of nitrogens with zero attached hydrogens (tertiary/aromatic N) is 3. The Morgan fingerprint density at radius 1 is 0.962 bits per heavy atom. The first-order valence-electron chi connectivity index (χ1n) is 6.62. The molecule has 0 aliphatic carbocycles. The maximum absolute atomic E-state index is 10.5. The van der Waals surface area contributed by atoms with Gasteiger partial charge < -0.3 is 5.11 Å². The van der Waals surface area contributed by atoms with E-state index in [9.17, 15) is 35.1 Å². The van der Waals surface area contributed by atoms with Gasteiger partial charge in [0.15, 0.2) is 0 Å². The van der Waals surface area contributed by atoms with Gasteiger partial charge in [0.2, 0.25) is 0 Å². The lowest BCUT2D eigenvalue weighted by molar-refractivity contribution is -0.394. The Balaban J connectivity index is 0.000000260. The molecule has 2 rings (SSSR count). The van der Waals surface area contributed by atoms with E-state index >= 15 is 0 Å². The first-order valence-corrected chi connectivity index (χ1v) is 6.99. The van der Waals surface area contributed by atoms with Crippen LogP contribution in [0.2, 0.25) is 5.02 Å². The van der Waals surface area contributed by atoms with Crippen molar-refractivity contribution in [3.8, 4) is 0 Å². The van der Waals surface area contributed by atoms with Gasteiger partial charge in [0, 0.05) is 17.7 Å². The number of carbonyl (C=O) groups is 1. The number of carboxylic acid groups (broad SMARTS) is 1. The average molecular weight is 384 g/mol. The van der Waals surface area contributed by atoms with Crippen LogP contribution >= 0.6 is 11.6 Å². The highest BCUT2D eigenvalue weighted by Crippen LogP contribution is 2.27. The van der Waals surface area contributed by atoms with Gasteiger partial charge in [-0.1, -0.05) is 17.7 Å². The van der Waals surface area contributed by atoms with Crippen molar-refractivity contribution in [2.45, 2.75) is 6.92 Å². The first kappa shape index (κ1) is 20.4. The maximum Gasteiger partial charge on any atom is 0.337 e. The molecule has 2 aromatic carbocycles. The molecule has 0 bridgehead atoms. The highest BCUT2D eigenvalue weighted by Gasteiger charge is 2.19. The lowest BCUT2D eigenvalue weighted by atomic mass is 10.2. The number of non-ortho nitro benzene ring substituents is 1. The van der Waals surface area contributed by atoms with Crippen LogP contribution < -0.4 is 0 Å². The molecule has 0 aromatic heterocycles. The molecule has 0 aliphatic rings. The van der Waals surface area contributed by atoms with Gasteiger partial charge in [0.1, 0.15) is 5.02 Å². The molecule has 0 unspecified atom stereocenters. The van der Waals surface area contributed by atoms with E-state index in [1.165, 1.54) is 31.2 Å². The molecule has 0 saturated carbocycles. The topological polar surface area (TPSA) is 167 Å². The fraction of sp³-hybridized carbons (Fsp3) is 0.0714. The van der Waals surface area contributed by atoms with Crippen LogP contribution in [0.5, 0.6) is 0 Å². The van der Waals surface area contributed by atoms with Crippen molar-refractivity contribution in [2.24, 2.45) is 0 Å². The van der Waals surface area contributed by atoms with Crippen LogP contribution in [0.3, 0.4) is 0 Å². The minimum absolute atomic E-state index is 0.228. The molecule has 0 radical (unpaired) electrons. The van der Waals surface area contributed by atoms with Crippen molar-refractivity contribution in [2.75, 3.05) is 0 Å². The number of hydrogen-bond donors (Lipinski definition) is 1. The van der Waals surface area contributed by atoms with Gasteiger partial charge in [-0.05, 0) is 19.1 Å². The number of hydrogen-bond acceptors (Lipinski definition) is 7. The van der Waals surface area contributed by atoms with Crippen molar-refractivity contribution in [3.63, 3.8) is 0 Å². The Bertz CT molecular complexity index is 851. The second kappa shape index (κ2) is 8.48. The lowest BCUT2D eigenvalue weighted by Gasteiger charge is -1.98. The molecule has 12 heteroatoms. The predicted molar refractivity (Wildman–Crippen MR) is 89.6 cm³/mol. The fourth-order valence-corrected chi connectivity index (χ4v) is 2.01. The van der Waals surface area contributed by atoms with Gasteiger partial charge in [0.25, 0.3) is 17.1 Å². The molecule has 26 heavy (non-hydrogen) atoms. The van der Waals surface area contributed by atoms with Crippen molar-refractivity contribution >= 4 is 34.6 Å². The number of rotatable bonds is 4. The molecule has 0 amide bonds. The van der Waals surface area contributed by atoms with Crippen molar-refractivity contribution < 1.29 is 24.7 Å². The lowest BCUT2D eigenvalue weighted by Crippen LogP contribution is -1.99. The Morgan fingerprint density at radius 2 is 1.54 bits per heavy atom. The summed E-state index contributed by atoms with van der Waals surface area (Å²) in [5.74, 6) is -1.28. The molecule has 0 spiro atoms. The molecule has 0 fully saturated rings. The standard InChI is InChI=1S/C7H4ClNO4.C7H6N2O4/c8-6-4(7(10)11)2-1-3-5(6)9(12)13;1-5-2-3-6(8(10)11)4-7(5)9(12)13/h1-3H,(H,10,11);2-4H,1H3. The Hall–Kier alpha value is -3.60. The second-order valence-corrected chi connectivity index (χ2v) is 5.06. The van der Waals surface area contributed by atoms with E-state index in [0.29, 0.717) is 5.56 Å². The summed E-state index contributed by atoms with van der Waals surface area (Å²) in [6.07, 6.45) is 0. The number of aryl methyl sites for hydroxylation is 1. The van der Waals surface area contributed by atoms with E-state index in [4.69, 9.17) is 16.7 Å².